The molecule has 2 aromatic carbocycles. The number of oxazole rings is 1. The van der Waals surface area contributed by atoms with Crippen LogP contribution in [0.5, 0.6) is 0 Å². The number of carbonyl (C=O) groups is 1. The molecule has 182 valence electrons. The summed E-state index contributed by atoms with van der Waals surface area (Å²) in [6.07, 6.45) is -4.59. The Kier molecular flexibility index (Phi) is 5.88. The molecule has 2 heterocycles. The van der Waals surface area contributed by atoms with Crippen LogP contribution in [0.2, 0.25) is 0 Å². The van der Waals surface area contributed by atoms with Crippen molar-refractivity contribution >= 4 is 40.2 Å². The first-order valence-electron chi connectivity index (χ1n) is 9.70. The lowest BCUT2D eigenvalue weighted by atomic mass is 10.1. The fourth-order valence-corrected chi connectivity index (χ4v) is 3.18. The normalized spacial score (nSPS) is 11.5. The predicted octanol–water partition coefficient (Wildman–Crippen LogP) is 4.28. The zero-order chi connectivity index (χ0) is 25.5. The minimum absolute atomic E-state index is 0.0141. The van der Waals surface area contributed by atoms with Crippen LogP contribution in [0.1, 0.15) is 11.1 Å². The molecule has 2 N–H and O–H groups in total. The van der Waals surface area contributed by atoms with Gasteiger partial charge >= 0.3 is 17.9 Å². The summed E-state index contributed by atoms with van der Waals surface area (Å²) in [7, 11) is 0. The number of aromatic nitrogens is 3. The van der Waals surface area contributed by atoms with Crippen LogP contribution in [0, 0.1) is 25.5 Å². The first-order chi connectivity index (χ1) is 16.4. The molecule has 0 spiro atoms. The van der Waals surface area contributed by atoms with Gasteiger partial charge in [-0.3, -0.25) is 0 Å². The Balaban J connectivity index is 1.67. The molecule has 0 fully saturated rings. The molecule has 14 heteroatoms. The van der Waals surface area contributed by atoms with Crippen molar-refractivity contribution in [3.05, 3.63) is 69.8 Å². The molecule has 0 atom stereocenters. The van der Waals surface area contributed by atoms with Crippen molar-refractivity contribution in [1.29, 1.82) is 0 Å². The molecule has 0 aliphatic rings. The molecular weight excluding hydrogens is 481 g/mol. The fraction of sp³-hybridized carbons (Fsp3) is 0.143. The number of nitrogens with zero attached hydrogens (tertiary/aromatic N) is 3. The minimum atomic E-state index is -5.43. The van der Waals surface area contributed by atoms with Crippen LogP contribution < -0.4 is 21.2 Å². The van der Waals surface area contributed by atoms with Crippen molar-refractivity contribution in [2.24, 2.45) is 0 Å². The third-order valence-corrected chi connectivity index (χ3v) is 4.49. The van der Waals surface area contributed by atoms with Crippen LogP contribution in [-0.4, -0.2) is 26.8 Å². The molecule has 0 radical (unpaired) electrons. The number of carbonyl (C=O) groups excluding carboxylic acids is 1. The maximum absolute atomic E-state index is 14.5. The highest BCUT2D eigenvalue weighted by Crippen LogP contribution is 2.27. The Bertz CT molecular complexity index is 1490. The number of hydrogen-bond acceptors (Lipinski definition) is 8. The summed E-state index contributed by atoms with van der Waals surface area (Å²) >= 11 is 0. The average molecular weight is 495 g/mol. The van der Waals surface area contributed by atoms with Gasteiger partial charge in [-0.25, -0.2) is 23.4 Å². The number of alkyl halides is 3. The van der Waals surface area contributed by atoms with Gasteiger partial charge in [-0.1, -0.05) is 10.8 Å². The van der Waals surface area contributed by atoms with E-state index >= 15 is 0 Å². The van der Waals surface area contributed by atoms with Gasteiger partial charge in [0.25, 0.3) is 0 Å². The summed E-state index contributed by atoms with van der Waals surface area (Å²) in [4.78, 5) is 34.8. The SMILES string of the molecule is Cc1cc(C)cc(Nc2ncc(F)c(Nc3cc(F)c4oc(=O)n(OC(=O)C(F)(F)F)c4c3)n2)c1. The molecule has 9 nitrogen and oxygen atoms in total. The number of hydrogen-bond donors (Lipinski definition) is 2. The molecule has 0 unspecified atom stereocenters. The Morgan fingerprint density at radius 3 is 2.31 bits per heavy atom. The van der Waals surface area contributed by atoms with E-state index in [4.69, 9.17) is 0 Å². The predicted molar refractivity (Wildman–Crippen MR) is 113 cm³/mol. The van der Waals surface area contributed by atoms with Crippen molar-refractivity contribution < 1.29 is 36.0 Å². The van der Waals surface area contributed by atoms with E-state index in [0.29, 0.717) is 5.69 Å². The lowest BCUT2D eigenvalue weighted by Crippen LogP contribution is -2.36. The Labute approximate surface area is 192 Å². The number of benzene rings is 2. The van der Waals surface area contributed by atoms with E-state index in [0.717, 1.165) is 29.5 Å². The van der Waals surface area contributed by atoms with Crippen LogP contribution in [-0.2, 0) is 4.79 Å². The molecule has 0 saturated carbocycles. The van der Waals surface area contributed by atoms with Gasteiger partial charge < -0.3 is 19.9 Å². The topological polar surface area (TPSA) is 111 Å². The monoisotopic (exact) mass is 495 g/mol. The second kappa shape index (κ2) is 8.70. The molecule has 35 heavy (non-hydrogen) atoms. The van der Waals surface area contributed by atoms with E-state index in [-0.39, 0.29) is 16.4 Å². The Hall–Kier alpha value is -4.49. The Morgan fingerprint density at radius 2 is 1.66 bits per heavy atom. The van der Waals surface area contributed by atoms with E-state index in [2.05, 4.69) is 29.9 Å². The van der Waals surface area contributed by atoms with Crippen molar-refractivity contribution in [3.63, 3.8) is 0 Å². The molecular formula is C21H14F5N5O4. The van der Waals surface area contributed by atoms with Crippen LogP contribution in [0.25, 0.3) is 11.1 Å². The lowest BCUT2D eigenvalue weighted by Gasteiger charge is -2.11. The van der Waals surface area contributed by atoms with Gasteiger partial charge in [0.1, 0.15) is 5.52 Å². The van der Waals surface area contributed by atoms with Gasteiger partial charge in [-0.2, -0.15) is 18.2 Å². The fourth-order valence-electron chi connectivity index (χ4n) is 3.18. The first kappa shape index (κ1) is 23.7. The third kappa shape index (κ3) is 5.05. The molecule has 0 aliphatic carbocycles. The number of rotatable bonds is 5. The lowest BCUT2D eigenvalue weighted by molar-refractivity contribution is -0.200. The van der Waals surface area contributed by atoms with Gasteiger partial charge in [-0.05, 0) is 43.2 Å². The van der Waals surface area contributed by atoms with E-state index in [1.54, 1.807) is 12.1 Å². The number of nitrogens with one attached hydrogen (secondary N) is 2. The van der Waals surface area contributed by atoms with Crippen LogP contribution >= 0.6 is 0 Å². The molecule has 4 aromatic rings. The highest BCUT2D eigenvalue weighted by atomic mass is 19.4. The number of halogens is 5. The zero-order valence-corrected chi connectivity index (χ0v) is 17.8. The summed E-state index contributed by atoms with van der Waals surface area (Å²) in [6.45, 7) is 3.76. The molecule has 0 amide bonds. The zero-order valence-electron chi connectivity index (χ0n) is 17.8. The van der Waals surface area contributed by atoms with E-state index < -0.39 is 46.5 Å². The van der Waals surface area contributed by atoms with E-state index in [1.807, 2.05) is 19.9 Å². The van der Waals surface area contributed by atoms with E-state index in [1.165, 1.54) is 0 Å². The van der Waals surface area contributed by atoms with Gasteiger partial charge in [0, 0.05) is 17.4 Å². The van der Waals surface area contributed by atoms with Crippen molar-refractivity contribution in [1.82, 2.24) is 14.7 Å². The van der Waals surface area contributed by atoms with Crippen LogP contribution in [0.4, 0.5) is 45.1 Å². The van der Waals surface area contributed by atoms with Gasteiger partial charge in [0.05, 0.1) is 6.20 Å². The summed E-state index contributed by atoms with van der Waals surface area (Å²) < 4.78 is 70.8. The average Bonchev–Trinajstić information content (AvgIpc) is 3.05. The third-order valence-electron chi connectivity index (χ3n) is 4.49. The maximum atomic E-state index is 14.5. The smallest absolute Gasteiger partial charge is 0.402 e. The van der Waals surface area contributed by atoms with Crippen molar-refractivity contribution in [2.75, 3.05) is 10.6 Å². The quantitative estimate of drug-likeness (QED) is 0.395. The maximum Gasteiger partial charge on any atom is 0.493 e. The largest absolute Gasteiger partial charge is 0.493 e. The highest BCUT2D eigenvalue weighted by Gasteiger charge is 2.42. The second-order valence-electron chi connectivity index (χ2n) is 7.36. The van der Waals surface area contributed by atoms with Crippen molar-refractivity contribution in [3.8, 4) is 0 Å². The van der Waals surface area contributed by atoms with Gasteiger partial charge in [0.15, 0.2) is 23.0 Å². The summed E-state index contributed by atoms with van der Waals surface area (Å²) in [5.41, 5.74) is 0.848. The number of fused-ring (bicyclic) bond motifs is 1. The molecule has 0 saturated heterocycles. The number of anilines is 4. The summed E-state index contributed by atoms with van der Waals surface area (Å²) in [5, 5.41) is 5.35. The summed E-state index contributed by atoms with van der Waals surface area (Å²) in [6, 6.07) is 7.23. The van der Waals surface area contributed by atoms with Gasteiger partial charge in [0.2, 0.25) is 5.95 Å². The highest BCUT2D eigenvalue weighted by molar-refractivity contribution is 5.81. The minimum Gasteiger partial charge on any atom is -0.402 e. The van der Waals surface area contributed by atoms with Crippen LogP contribution in [0.3, 0.4) is 0 Å². The van der Waals surface area contributed by atoms with Gasteiger partial charge in [-0.15, -0.1) is 0 Å². The Morgan fingerprint density at radius 1 is 1.00 bits per heavy atom. The molecule has 2 aromatic heterocycles. The molecule has 0 bridgehead atoms. The summed E-state index contributed by atoms with van der Waals surface area (Å²) in [5.74, 6) is -6.89. The number of aryl methyl sites for hydroxylation is 2. The standard InChI is InChI=1S/C21H14F5N5O4/c1-9-3-10(2)5-11(4-9)29-19-27-8-14(23)17(30-19)28-12-6-13(22)16-15(7-12)31(20(33)34-16)35-18(32)21(24,25)26/h3-8H,1-2H3,(H2,27,28,29,30). The van der Waals surface area contributed by atoms with Crippen LogP contribution in [0.15, 0.2) is 45.7 Å². The van der Waals surface area contributed by atoms with Crippen molar-refractivity contribution in [2.45, 2.75) is 20.0 Å². The second-order valence-corrected chi connectivity index (χ2v) is 7.36. The first-order valence-corrected chi connectivity index (χ1v) is 9.70. The molecule has 0 aliphatic heterocycles. The molecule has 4 rings (SSSR count). The van der Waals surface area contributed by atoms with E-state index in [9.17, 15) is 31.5 Å².